The van der Waals surface area contributed by atoms with Gasteiger partial charge in [-0.3, -0.25) is 4.79 Å². The molecular formula is C25H37N5O5. The maximum Gasteiger partial charge on any atom is 0.410 e. The molecule has 3 aliphatic heterocycles. The highest BCUT2D eigenvalue weighted by Crippen LogP contribution is 2.33. The smallest absolute Gasteiger partial charge is 0.410 e. The topological polar surface area (TPSA) is 105 Å². The molecule has 3 atom stereocenters. The van der Waals surface area contributed by atoms with Crippen molar-refractivity contribution in [2.24, 2.45) is 11.8 Å². The number of carbonyl (C=O) groups excluding carboxylic acids is 3. The molecule has 2 unspecified atom stereocenters. The van der Waals surface area contributed by atoms with Crippen LogP contribution >= 0.6 is 0 Å². The number of hydrogen-bond donors (Lipinski definition) is 0. The Hall–Kier alpha value is -2.91. The summed E-state index contributed by atoms with van der Waals surface area (Å²) in [6.45, 7) is 14.4. The third-order valence-electron chi connectivity index (χ3n) is 6.97. The molecule has 0 aliphatic carbocycles. The van der Waals surface area contributed by atoms with E-state index in [1.165, 1.54) is 0 Å². The lowest BCUT2D eigenvalue weighted by Crippen LogP contribution is -2.39. The van der Waals surface area contributed by atoms with Gasteiger partial charge in [0.25, 0.3) is 5.91 Å². The highest BCUT2D eigenvalue weighted by molar-refractivity contribution is 5.96. The van der Waals surface area contributed by atoms with Crippen LogP contribution in [0.15, 0.2) is 0 Å². The first kappa shape index (κ1) is 25.2. The number of fused-ring (bicyclic) bond motifs is 1. The second-order valence-electron chi connectivity index (χ2n) is 10.8. The molecule has 0 N–H and O–H groups in total. The third-order valence-corrected chi connectivity index (χ3v) is 6.97. The van der Waals surface area contributed by atoms with Gasteiger partial charge in [0.05, 0.1) is 23.6 Å². The lowest BCUT2D eigenvalue weighted by Gasteiger charge is -2.27. The Kier molecular flexibility index (Phi) is 6.92. The Bertz CT molecular complexity index is 969. The van der Waals surface area contributed by atoms with Crippen molar-refractivity contribution in [1.29, 1.82) is 0 Å². The largest absolute Gasteiger partial charge is 0.464 e. The van der Waals surface area contributed by atoms with Crippen LogP contribution in [0.3, 0.4) is 0 Å². The molecule has 35 heavy (non-hydrogen) atoms. The zero-order valence-electron chi connectivity index (χ0n) is 21.7. The van der Waals surface area contributed by atoms with E-state index in [1.54, 1.807) is 11.8 Å². The molecule has 10 heteroatoms. The van der Waals surface area contributed by atoms with E-state index in [-0.39, 0.29) is 35.8 Å². The van der Waals surface area contributed by atoms with Gasteiger partial charge in [-0.2, -0.15) is 0 Å². The van der Waals surface area contributed by atoms with Crippen LogP contribution in [-0.2, 0) is 14.3 Å². The molecule has 0 radical (unpaired) electrons. The number of ether oxygens (including phenoxy) is 2. The summed E-state index contributed by atoms with van der Waals surface area (Å²) in [5.41, 5.74) is 1.21. The van der Waals surface area contributed by atoms with Crippen molar-refractivity contribution in [3.05, 3.63) is 17.0 Å². The Labute approximate surface area is 207 Å². The van der Waals surface area contributed by atoms with E-state index in [4.69, 9.17) is 9.47 Å². The average Bonchev–Trinajstić information content (AvgIpc) is 3.46. The minimum atomic E-state index is -0.524. The number of rotatable bonds is 4. The summed E-state index contributed by atoms with van der Waals surface area (Å²) in [7, 11) is 0. The van der Waals surface area contributed by atoms with E-state index in [1.807, 2.05) is 44.4 Å². The fourth-order valence-electron chi connectivity index (χ4n) is 5.42. The van der Waals surface area contributed by atoms with E-state index < -0.39 is 5.60 Å². The molecule has 3 aliphatic rings. The molecule has 1 aromatic heterocycles. The Morgan fingerprint density at radius 2 is 1.54 bits per heavy atom. The fourth-order valence-corrected chi connectivity index (χ4v) is 5.42. The van der Waals surface area contributed by atoms with Crippen LogP contribution in [0.1, 0.15) is 62.3 Å². The molecule has 1 aromatic rings. The minimum Gasteiger partial charge on any atom is -0.464 e. The zero-order chi connectivity index (χ0) is 25.5. The van der Waals surface area contributed by atoms with E-state index in [9.17, 15) is 14.4 Å². The predicted molar refractivity (Wildman–Crippen MR) is 129 cm³/mol. The normalized spacial score (nSPS) is 24.1. The van der Waals surface area contributed by atoms with E-state index in [0.717, 1.165) is 6.42 Å². The highest BCUT2D eigenvalue weighted by Gasteiger charge is 2.44. The summed E-state index contributed by atoms with van der Waals surface area (Å²) in [4.78, 5) is 53.0. The molecular weight excluding hydrogens is 450 g/mol. The van der Waals surface area contributed by atoms with Gasteiger partial charge in [-0.25, -0.2) is 19.6 Å². The number of nitrogens with zero attached hydrogens (tertiary/aromatic N) is 5. The lowest BCUT2D eigenvalue weighted by molar-refractivity contribution is -0.144. The average molecular weight is 488 g/mol. The van der Waals surface area contributed by atoms with Gasteiger partial charge < -0.3 is 24.2 Å². The first-order valence-electron chi connectivity index (χ1n) is 12.5. The SMILES string of the molecule is CCOC(=O)[C@@H]1CCCN1c1nc(C)c(C(=O)N2CC3CN(C(=O)OC(C)(C)C)CC3C2)c(C)n1. The van der Waals surface area contributed by atoms with Gasteiger partial charge in [-0.1, -0.05) is 0 Å². The van der Waals surface area contributed by atoms with Crippen molar-refractivity contribution < 1.29 is 23.9 Å². The molecule has 0 saturated carbocycles. The molecule has 4 heterocycles. The molecule has 0 spiro atoms. The van der Waals surface area contributed by atoms with Crippen molar-refractivity contribution >= 4 is 23.9 Å². The molecule has 3 fully saturated rings. The van der Waals surface area contributed by atoms with Crippen LogP contribution in [0.2, 0.25) is 0 Å². The maximum absolute atomic E-state index is 13.5. The van der Waals surface area contributed by atoms with Gasteiger partial charge in [-0.15, -0.1) is 0 Å². The fraction of sp³-hybridized carbons (Fsp3) is 0.720. The van der Waals surface area contributed by atoms with Gasteiger partial charge in [0.15, 0.2) is 0 Å². The minimum absolute atomic E-state index is 0.0758. The first-order valence-corrected chi connectivity index (χ1v) is 12.5. The Morgan fingerprint density at radius 1 is 0.971 bits per heavy atom. The van der Waals surface area contributed by atoms with E-state index in [0.29, 0.717) is 68.7 Å². The number of hydrogen-bond acceptors (Lipinski definition) is 8. The standard InChI is InChI=1S/C25H37N5O5/c1-7-34-22(32)19-9-8-10-30(19)23-26-15(2)20(16(3)27-23)21(31)28-11-17-13-29(14-18(17)12-28)24(33)35-25(4,5)6/h17-19H,7-14H2,1-6H3/t17?,18?,19-/m0/s1. The van der Waals surface area contributed by atoms with Gasteiger partial charge in [-0.05, 0) is 54.4 Å². The number of amides is 2. The van der Waals surface area contributed by atoms with Crippen LogP contribution in [0.25, 0.3) is 0 Å². The number of likely N-dealkylation sites (tertiary alicyclic amines) is 2. The molecule has 10 nitrogen and oxygen atoms in total. The Morgan fingerprint density at radius 3 is 2.09 bits per heavy atom. The number of anilines is 1. The van der Waals surface area contributed by atoms with Gasteiger partial charge in [0.2, 0.25) is 5.95 Å². The molecule has 0 aromatic carbocycles. The summed E-state index contributed by atoms with van der Waals surface area (Å²) >= 11 is 0. The van der Waals surface area contributed by atoms with Crippen LogP contribution < -0.4 is 4.90 Å². The second-order valence-corrected chi connectivity index (χ2v) is 10.8. The van der Waals surface area contributed by atoms with Crippen LogP contribution in [-0.4, -0.2) is 88.7 Å². The Balaban J connectivity index is 1.43. The summed E-state index contributed by atoms with van der Waals surface area (Å²) in [5, 5.41) is 0. The van der Waals surface area contributed by atoms with Crippen LogP contribution in [0.5, 0.6) is 0 Å². The van der Waals surface area contributed by atoms with Gasteiger partial charge >= 0.3 is 12.1 Å². The summed E-state index contributed by atoms with van der Waals surface area (Å²) < 4.78 is 10.7. The predicted octanol–water partition coefficient (Wildman–Crippen LogP) is 2.56. The summed E-state index contributed by atoms with van der Waals surface area (Å²) in [6.07, 6.45) is 1.28. The van der Waals surface area contributed by atoms with Gasteiger partial charge in [0, 0.05) is 44.6 Å². The van der Waals surface area contributed by atoms with E-state index >= 15 is 0 Å². The second kappa shape index (κ2) is 9.62. The number of aryl methyl sites for hydroxylation is 2. The van der Waals surface area contributed by atoms with E-state index in [2.05, 4.69) is 9.97 Å². The summed E-state index contributed by atoms with van der Waals surface area (Å²) in [6, 6.07) is -0.388. The quantitative estimate of drug-likeness (QED) is 0.597. The zero-order valence-corrected chi connectivity index (χ0v) is 21.7. The lowest BCUT2D eigenvalue weighted by atomic mass is 10.0. The van der Waals surface area contributed by atoms with Crippen LogP contribution in [0.4, 0.5) is 10.7 Å². The van der Waals surface area contributed by atoms with Crippen molar-refractivity contribution in [2.45, 2.75) is 66.0 Å². The highest BCUT2D eigenvalue weighted by atomic mass is 16.6. The number of carbonyl (C=O) groups is 3. The van der Waals surface area contributed by atoms with Crippen molar-refractivity contribution in [1.82, 2.24) is 19.8 Å². The monoisotopic (exact) mass is 487 g/mol. The molecule has 0 bridgehead atoms. The first-order chi connectivity index (χ1) is 16.5. The maximum atomic E-state index is 13.5. The molecule has 192 valence electrons. The van der Waals surface area contributed by atoms with Gasteiger partial charge in [0.1, 0.15) is 11.6 Å². The number of esters is 1. The molecule has 2 amide bonds. The molecule has 4 rings (SSSR count). The van der Waals surface area contributed by atoms with Crippen molar-refractivity contribution in [3.8, 4) is 0 Å². The third kappa shape index (κ3) is 5.21. The van der Waals surface area contributed by atoms with Crippen molar-refractivity contribution in [2.75, 3.05) is 44.2 Å². The van der Waals surface area contributed by atoms with Crippen molar-refractivity contribution in [3.63, 3.8) is 0 Å². The summed E-state index contributed by atoms with van der Waals surface area (Å²) in [5.74, 6) is 0.615. The molecule has 3 saturated heterocycles. The number of aromatic nitrogens is 2. The van der Waals surface area contributed by atoms with Crippen LogP contribution in [0, 0.1) is 25.7 Å².